The molecule has 2 saturated carbocycles. The zero-order chi connectivity index (χ0) is 28.3. The number of ether oxygens (including phenoxy) is 1. The highest BCUT2D eigenvalue weighted by molar-refractivity contribution is 5.92. The Morgan fingerprint density at radius 2 is 1.71 bits per heavy atom. The number of hydrogen-bond donors (Lipinski definition) is 2. The van der Waals surface area contributed by atoms with E-state index in [9.17, 15) is 9.59 Å². The number of fused-ring (bicyclic) bond motifs is 1. The molecule has 4 aromatic rings. The van der Waals surface area contributed by atoms with E-state index < -0.39 is 0 Å². The molecule has 0 aliphatic heterocycles. The number of imidazole rings is 1. The van der Waals surface area contributed by atoms with E-state index >= 15 is 0 Å². The van der Waals surface area contributed by atoms with E-state index in [4.69, 9.17) is 20.4 Å². The van der Waals surface area contributed by atoms with Crippen molar-refractivity contribution in [3.05, 3.63) is 54.5 Å². The number of rotatable bonds is 6. The lowest BCUT2D eigenvalue weighted by Crippen LogP contribution is -2.30. The van der Waals surface area contributed by atoms with Gasteiger partial charge in [-0.2, -0.15) is 0 Å². The van der Waals surface area contributed by atoms with Gasteiger partial charge in [0.25, 0.3) is 0 Å². The molecule has 0 radical (unpaired) electrons. The number of nitrogen functional groups attached to an aromatic ring is 1. The first-order valence-corrected chi connectivity index (χ1v) is 14.5. The molecule has 0 saturated heterocycles. The van der Waals surface area contributed by atoms with Gasteiger partial charge in [-0.15, -0.1) is 0 Å². The number of anilines is 2. The van der Waals surface area contributed by atoms with Crippen molar-refractivity contribution < 1.29 is 14.3 Å². The molecule has 0 spiro atoms. The third-order valence-corrected chi connectivity index (χ3v) is 8.52. The van der Waals surface area contributed by atoms with Crippen molar-refractivity contribution in [1.29, 1.82) is 0 Å². The van der Waals surface area contributed by atoms with Gasteiger partial charge in [-0.1, -0.05) is 19.3 Å². The van der Waals surface area contributed by atoms with E-state index in [2.05, 4.69) is 21.4 Å². The maximum absolute atomic E-state index is 13.0. The maximum Gasteiger partial charge on any atom is 0.308 e. The van der Waals surface area contributed by atoms with Crippen molar-refractivity contribution in [1.82, 2.24) is 24.5 Å². The van der Waals surface area contributed by atoms with Crippen molar-refractivity contribution in [2.24, 2.45) is 11.8 Å². The number of aromatic nitrogens is 5. The Morgan fingerprint density at radius 1 is 0.927 bits per heavy atom. The number of esters is 1. The van der Waals surface area contributed by atoms with Crippen LogP contribution in [0.2, 0.25) is 0 Å². The lowest BCUT2D eigenvalue weighted by atomic mass is 9.81. The molecule has 41 heavy (non-hydrogen) atoms. The Hall–Kier alpha value is -4.34. The Labute approximate surface area is 238 Å². The second-order valence-corrected chi connectivity index (χ2v) is 11.1. The van der Waals surface area contributed by atoms with E-state index in [1.54, 1.807) is 18.5 Å². The zero-order valence-electron chi connectivity index (χ0n) is 23.3. The molecule has 3 N–H and O–H groups in total. The van der Waals surface area contributed by atoms with E-state index in [-0.39, 0.29) is 23.7 Å². The van der Waals surface area contributed by atoms with Crippen LogP contribution >= 0.6 is 0 Å². The summed E-state index contributed by atoms with van der Waals surface area (Å²) in [5.41, 5.74) is 10.3. The first-order valence-electron chi connectivity index (χ1n) is 14.5. The molecule has 6 rings (SSSR count). The van der Waals surface area contributed by atoms with Crippen LogP contribution in [0, 0.1) is 11.8 Å². The molecule has 0 unspecified atom stereocenters. The van der Waals surface area contributed by atoms with Crippen molar-refractivity contribution >= 4 is 34.7 Å². The van der Waals surface area contributed by atoms with Crippen LogP contribution in [0.3, 0.4) is 0 Å². The molecule has 0 atom stereocenters. The van der Waals surface area contributed by atoms with Gasteiger partial charge in [0.05, 0.1) is 30.5 Å². The highest BCUT2D eigenvalue weighted by atomic mass is 16.5. The minimum Gasteiger partial charge on any atom is -0.469 e. The number of methoxy groups -OCH3 is 1. The van der Waals surface area contributed by atoms with Gasteiger partial charge >= 0.3 is 5.97 Å². The van der Waals surface area contributed by atoms with Crippen LogP contribution in [0.4, 0.5) is 11.6 Å². The standard InChI is InChI=1S/C31H35N7O3/c1-41-31(40)21-11-9-20(10-12-21)30(39)37-26-16-13-22(18-34-26)38-28(23-8-5-17-33-27(23)32)36-25-15-14-24(35-29(25)38)19-6-3-2-4-7-19/h5,8,13-21H,2-4,6-7,9-12H2,1H3,(H2,32,33)(H,34,37,39). The predicted octanol–water partition coefficient (Wildman–Crippen LogP) is 5.43. The predicted molar refractivity (Wildman–Crippen MR) is 156 cm³/mol. The SMILES string of the molecule is COC(=O)C1CCC(C(=O)Nc2ccc(-n3c(-c4cccnc4N)nc4ccc(C5CCCCC5)nc43)cn2)CC1. The van der Waals surface area contributed by atoms with Crippen LogP contribution < -0.4 is 11.1 Å². The third kappa shape index (κ3) is 5.51. The molecule has 2 aliphatic carbocycles. The van der Waals surface area contributed by atoms with Gasteiger partial charge in [0.1, 0.15) is 17.2 Å². The topological polar surface area (TPSA) is 138 Å². The fourth-order valence-corrected chi connectivity index (χ4v) is 6.21. The van der Waals surface area contributed by atoms with Crippen LogP contribution in [0.25, 0.3) is 28.2 Å². The molecular weight excluding hydrogens is 518 g/mol. The third-order valence-electron chi connectivity index (χ3n) is 8.52. The molecule has 4 aromatic heterocycles. The average molecular weight is 554 g/mol. The van der Waals surface area contributed by atoms with Crippen LogP contribution in [-0.2, 0) is 14.3 Å². The summed E-state index contributed by atoms with van der Waals surface area (Å²) in [6, 6.07) is 11.6. The number of nitrogens with two attached hydrogens (primary N) is 1. The second-order valence-electron chi connectivity index (χ2n) is 11.1. The van der Waals surface area contributed by atoms with Crippen molar-refractivity contribution in [3.63, 3.8) is 0 Å². The Morgan fingerprint density at radius 3 is 2.41 bits per heavy atom. The van der Waals surface area contributed by atoms with Crippen molar-refractivity contribution in [3.8, 4) is 17.1 Å². The van der Waals surface area contributed by atoms with Crippen LogP contribution in [-0.4, -0.2) is 43.5 Å². The molecule has 0 aromatic carbocycles. The lowest BCUT2D eigenvalue weighted by Gasteiger charge is -2.25. The number of amides is 1. The van der Waals surface area contributed by atoms with Crippen molar-refractivity contribution in [2.45, 2.75) is 63.7 Å². The highest BCUT2D eigenvalue weighted by Crippen LogP contribution is 2.35. The number of carbonyl (C=O) groups is 2. The maximum atomic E-state index is 13.0. The zero-order valence-corrected chi connectivity index (χ0v) is 23.3. The fourth-order valence-electron chi connectivity index (χ4n) is 6.21. The quantitative estimate of drug-likeness (QED) is 0.302. The number of pyridine rings is 3. The van der Waals surface area contributed by atoms with Gasteiger partial charge in [-0.3, -0.25) is 14.2 Å². The summed E-state index contributed by atoms with van der Waals surface area (Å²) in [5, 5.41) is 2.95. The summed E-state index contributed by atoms with van der Waals surface area (Å²) < 4.78 is 6.83. The number of nitrogens with zero attached hydrogens (tertiary/aromatic N) is 5. The molecule has 10 heteroatoms. The summed E-state index contributed by atoms with van der Waals surface area (Å²) in [4.78, 5) is 43.7. The van der Waals surface area contributed by atoms with E-state index in [0.717, 1.165) is 35.4 Å². The number of carbonyl (C=O) groups excluding carboxylic acids is 2. The smallest absolute Gasteiger partial charge is 0.308 e. The molecule has 1 amide bonds. The number of nitrogens with one attached hydrogen (secondary N) is 1. The van der Waals surface area contributed by atoms with Gasteiger partial charge < -0.3 is 15.8 Å². The van der Waals surface area contributed by atoms with Crippen LogP contribution in [0.5, 0.6) is 0 Å². The molecule has 2 aliphatic rings. The highest BCUT2D eigenvalue weighted by Gasteiger charge is 2.30. The van der Waals surface area contributed by atoms with Crippen LogP contribution in [0.15, 0.2) is 48.8 Å². The molecule has 0 bridgehead atoms. The molecule has 212 valence electrons. The fraction of sp³-hybridized carbons (Fsp3) is 0.419. The van der Waals surface area contributed by atoms with E-state index in [1.807, 2.05) is 28.8 Å². The first kappa shape index (κ1) is 26.9. The molecular formula is C31H35N7O3. The summed E-state index contributed by atoms with van der Waals surface area (Å²) in [7, 11) is 1.41. The Balaban J connectivity index is 1.29. The summed E-state index contributed by atoms with van der Waals surface area (Å²) >= 11 is 0. The van der Waals surface area contributed by atoms with Gasteiger partial charge in [0, 0.05) is 23.7 Å². The Bertz CT molecular complexity index is 1550. The van der Waals surface area contributed by atoms with E-state index in [0.29, 0.717) is 54.6 Å². The van der Waals surface area contributed by atoms with Gasteiger partial charge in [0.2, 0.25) is 5.91 Å². The molecule has 2 fully saturated rings. The summed E-state index contributed by atoms with van der Waals surface area (Å²) in [5.74, 6) is 1.39. The monoisotopic (exact) mass is 553 g/mol. The van der Waals surface area contributed by atoms with Crippen molar-refractivity contribution in [2.75, 3.05) is 18.2 Å². The normalized spacial score (nSPS) is 19.6. The minimum absolute atomic E-state index is 0.0794. The van der Waals surface area contributed by atoms with Crippen LogP contribution in [0.1, 0.15) is 69.4 Å². The number of hydrogen-bond acceptors (Lipinski definition) is 8. The summed E-state index contributed by atoms with van der Waals surface area (Å²) in [6.07, 6.45) is 12.0. The van der Waals surface area contributed by atoms with Gasteiger partial charge in [0.15, 0.2) is 11.5 Å². The second kappa shape index (κ2) is 11.6. The molecule has 10 nitrogen and oxygen atoms in total. The largest absolute Gasteiger partial charge is 0.469 e. The minimum atomic E-state index is -0.194. The first-order chi connectivity index (χ1) is 20.0. The summed E-state index contributed by atoms with van der Waals surface area (Å²) in [6.45, 7) is 0. The van der Waals surface area contributed by atoms with E-state index in [1.165, 1.54) is 26.4 Å². The Kier molecular flexibility index (Phi) is 7.63. The van der Waals surface area contributed by atoms with Gasteiger partial charge in [-0.05, 0) is 74.9 Å². The molecule has 4 heterocycles. The van der Waals surface area contributed by atoms with Gasteiger partial charge in [-0.25, -0.2) is 19.9 Å². The lowest BCUT2D eigenvalue weighted by molar-refractivity contribution is -0.147. The average Bonchev–Trinajstić information content (AvgIpc) is 3.40.